The first-order chi connectivity index (χ1) is 8.61. The number of hydrogen-bond acceptors (Lipinski definition) is 6. The number of nitrogens with zero attached hydrogens (tertiary/aromatic N) is 3. The summed E-state index contributed by atoms with van der Waals surface area (Å²) >= 11 is 0. The van der Waals surface area contributed by atoms with Crippen LogP contribution in [0.1, 0.15) is 37.6 Å². The molecular formula is C12H22N4O2. The smallest absolute Gasteiger partial charge is 0.231 e. The zero-order valence-electron chi connectivity index (χ0n) is 11.3. The predicted molar refractivity (Wildman–Crippen MR) is 67.1 cm³/mol. The van der Waals surface area contributed by atoms with Crippen LogP contribution in [0.3, 0.4) is 0 Å². The lowest BCUT2D eigenvalue weighted by Crippen LogP contribution is -2.35. The zero-order chi connectivity index (χ0) is 13.1. The van der Waals surface area contributed by atoms with Gasteiger partial charge in [0.2, 0.25) is 11.7 Å². The van der Waals surface area contributed by atoms with Gasteiger partial charge in [-0.2, -0.15) is 4.98 Å². The van der Waals surface area contributed by atoms with Gasteiger partial charge >= 0.3 is 0 Å². The molecule has 0 radical (unpaired) electrons. The largest absolute Gasteiger partial charge is 0.367 e. The third kappa shape index (κ3) is 2.88. The molecule has 2 atom stereocenters. The summed E-state index contributed by atoms with van der Waals surface area (Å²) in [7, 11) is 2.06. The van der Waals surface area contributed by atoms with Gasteiger partial charge < -0.3 is 19.9 Å². The number of ether oxygens (including phenoxy) is 1. The highest BCUT2D eigenvalue weighted by Gasteiger charge is 2.27. The van der Waals surface area contributed by atoms with Gasteiger partial charge in [0.15, 0.2) is 0 Å². The van der Waals surface area contributed by atoms with Gasteiger partial charge in [0, 0.05) is 19.6 Å². The molecule has 18 heavy (non-hydrogen) atoms. The van der Waals surface area contributed by atoms with E-state index in [0.29, 0.717) is 30.8 Å². The number of morpholine rings is 1. The summed E-state index contributed by atoms with van der Waals surface area (Å²) < 4.78 is 11.0. The van der Waals surface area contributed by atoms with Crippen LogP contribution >= 0.6 is 0 Å². The van der Waals surface area contributed by atoms with Crippen molar-refractivity contribution < 1.29 is 9.26 Å². The molecule has 2 heterocycles. The number of rotatable bonds is 4. The summed E-state index contributed by atoms with van der Waals surface area (Å²) in [5, 5.41) is 4.03. The number of nitrogens with two attached hydrogens (primary N) is 1. The molecule has 0 bridgehead atoms. The van der Waals surface area contributed by atoms with Gasteiger partial charge in [-0.05, 0) is 13.0 Å². The van der Waals surface area contributed by atoms with Gasteiger partial charge in [-0.25, -0.2) is 0 Å². The molecule has 1 aromatic rings. The first-order valence-corrected chi connectivity index (χ1v) is 6.45. The average Bonchev–Trinajstić information content (AvgIpc) is 2.79. The van der Waals surface area contributed by atoms with Gasteiger partial charge in [0.25, 0.3) is 0 Å². The highest BCUT2D eigenvalue weighted by atomic mass is 16.5. The Labute approximate surface area is 107 Å². The van der Waals surface area contributed by atoms with Crippen LogP contribution in [0.4, 0.5) is 0 Å². The summed E-state index contributed by atoms with van der Waals surface area (Å²) in [4.78, 5) is 6.65. The topological polar surface area (TPSA) is 77.4 Å². The van der Waals surface area contributed by atoms with Crippen molar-refractivity contribution in [3.05, 3.63) is 11.7 Å². The summed E-state index contributed by atoms with van der Waals surface area (Å²) in [6.07, 6.45) is -0.0909. The Morgan fingerprint density at radius 3 is 2.89 bits per heavy atom. The minimum absolute atomic E-state index is 0.0909. The van der Waals surface area contributed by atoms with Crippen LogP contribution in [0.15, 0.2) is 4.52 Å². The van der Waals surface area contributed by atoms with Crippen molar-refractivity contribution in [3.8, 4) is 0 Å². The maximum Gasteiger partial charge on any atom is 0.231 e. The van der Waals surface area contributed by atoms with Gasteiger partial charge in [0.1, 0.15) is 6.10 Å². The van der Waals surface area contributed by atoms with E-state index in [2.05, 4.69) is 35.9 Å². The standard InChI is InChI=1S/C12H22N4O2/c1-8(2)9(6-13)12-14-11(15-18-12)10-7-16(3)4-5-17-10/h8-10H,4-7,13H2,1-3H3. The van der Waals surface area contributed by atoms with Gasteiger partial charge in [-0.3, -0.25) is 0 Å². The van der Waals surface area contributed by atoms with E-state index in [4.69, 9.17) is 15.0 Å². The van der Waals surface area contributed by atoms with E-state index in [1.54, 1.807) is 0 Å². The van der Waals surface area contributed by atoms with E-state index in [9.17, 15) is 0 Å². The van der Waals surface area contributed by atoms with Crippen LogP contribution in [0.2, 0.25) is 0 Å². The normalized spacial score (nSPS) is 23.5. The average molecular weight is 254 g/mol. The Balaban J connectivity index is 2.09. The monoisotopic (exact) mass is 254 g/mol. The highest BCUT2D eigenvalue weighted by molar-refractivity contribution is 4.99. The Morgan fingerprint density at radius 2 is 2.28 bits per heavy atom. The van der Waals surface area contributed by atoms with E-state index >= 15 is 0 Å². The first-order valence-electron chi connectivity index (χ1n) is 6.45. The minimum atomic E-state index is -0.0909. The second kappa shape index (κ2) is 5.77. The number of aromatic nitrogens is 2. The third-order valence-electron chi connectivity index (χ3n) is 3.39. The third-order valence-corrected chi connectivity index (χ3v) is 3.39. The molecule has 0 aliphatic carbocycles. The quantitative estimate of drug-likeness (QED) is 0.855. The lowest BCUT2D eigenvalue weighted by atomic mass is 9.96. The van der Waals surface area contributed by atoms with Gasteiger partial charge in [0.05, 0.1) is 12.5 Å². The number of hydrogen-bond donors (Lipinski definition) is 1. The van der Waals surface area contributed by atoms with E-state index in [1.165, 1.54) is 0 Å². The van der Waals surface area contributed by atoms with Crippen molar-refractivity contribution in [2.45, 2.75) is 25.9 Å². The molecule has 0 amide bonds. The molecule has 2 rings (SSSR count). The fraction of sp³-hybridized carbons (Fsp3) is 0.833. The molecule has 1 aliphatic heterocycles. The second-order valence-corrected chi connectivity index (χ2v) is 5.20. The molecule has 102 valence electrons. The van der Waals surface area contributed by atoms with Crippen LogP contribution < -0.4 is 5.73 Å². The Kier molecular flexibility index (Phi) is 4.31. The van der Waals surface area contributed by atoms with Crippen LogP contribution in [0, 0.1) is 5.92 Å². The molecule has 6 heteroatoms. The fourth-order valence-corrected chi connectivity index (χ4v) is 2.12. The molecule has 6 nitrogen and oxygen atoms in total. The van der Waals surface area contributed by atoms with Gasteiger partial charge in [-0.15, -0.1) is 0 Å². The van der Waals surface area contributed by atoms with Crippen LogP contribution in [0.5, 0.6) is 0 Å². The van der Waals surface area contributed by atoms with Crippen molar-refractivity contribution in [1.82, 2.24) is 15.0 Å². The van der Waals surface area contributed by atoms with Crippen molar-refractivity contribution in [3.63, 3.8) is 0 Å². The summed E-state index contributed by atoms with van der Waals surface area (Å²) in [6.45, 7) is 7.17. The Bertz CT molecular complexity index is 380. The SMILES string of the molecule is CC(C)C(CN)c1nc(C2CN(C)CCO2)no1. The fourth-order valence-electron chi connectivity index (χ4n) is 2.12. The van der Waals surface area contributed by atoms with Crippen LogP contribution in [-0.4, -0.2) is 48.3 Å². The molecule has 0 aromatic carbocycles. The molecule has 1 saturated heterocycles. The van der Waals surface area contributed by atoms with Crippen molar-refractivity contribution in [1.29, 1.82) is 0 Å². The van der Waals surface area contributed by atoms with Crippen LogP contribution in [-0.2, 0) is 4.74 Å². The molecule has 0 saturated carbocycles. The lowest BCUT2D eigenvalue weighted by molar-refractivity contribution is -0.0264. The van der Waals surface area contributed by atoms with E-state index in [1.807, 2.05) is 0 Å². The first kappa shape index (κ1) is 13.5. The molecular weight excluding hydrogens is 232 g/mol. The van der Waals surface area contributed by atoms with E-state index < -0.39 is 0 Å². The molecule has 1 aliphatic rings. The molecule has 0 spiro atoms. The molecule has 2 unspecified atom stereocenters. The maximum absolute atomic E-state index is 5.75. The molecule has 1 fully saturated rings. The van der Waals surface area contributed by atoms with Crippen molar-refractivity contribution >= 4 is 0 Å². The van der Waals surface area contributed by atoms with E-state index in [-0.39, 0.29) is 12.0 Å². The summed E-state index contributed by atoms with van der Waals surface area (Å²) in [5.41, 5.74) is 5.75. The summed E-state index contributed by atoms with van der Waals surface area (Å²) in [5.74, 6) is 1.76. The van der Waals surface area contributed by atoms with Crippen molar-refractivity contribution in [2.24, 2.45) is 11.7 Å². The minimum Gasteiger partial charge on any atom is -0.367 e. The summed E-state index contributed by atoms with van der Waals surface area (Å²) in [6, 6.07) is 0. The Hall–Kier alpha value is -0.980. The lowest BCUT2D eigenvalue weighted by Gasteiger charge is -2.27. The second-order valence-electron chi connectivity index (χ2n) is 5.20. The maximum atomic E-state index is 5.75. The van der Waals surface area contributed by atoms with E-state index in [0.717, 1.165) is 13.1 Å². The molecule has 2 N–H and O–H groups in total. The Morgan fingerprint density at radius 1 is 1.50 bits per heavy atom. The number of likely N-dealkylation sites (N-methyl/N-ethyl adjacent to an activating group) is 1. The van der Waals surface area contributed by atoms with Gasteiger partial charge in [-0.1, -0.05) is 19.0 Å². The predicted octanol–water partition coefficient (Wildman–Crippen LogP) is 0.771. The van der Waals surface area contributed by atoms with Crippen LogP contribution in [0.25, 0.3) is 0 Å². The molecule has 1 aromatic heterocycles. The van der Waals surface area contributed by atoms with Crippen molar-refractivity contribution in [2.75, 3.05) is 33.3 Å². The zero-order valence-corrected chi connectivity index (χ0v) is 11.3. The highest BCUT2D eigenvalue weighted by Crippen LogP contribution is 2.25.